The van der Waals surface area contributed by atoms with Gasteiger partial charge in [0, 0.05) is 0 Å². The zero-order valence-corrected chi connectivity index (χ0v) is 10.4. The summed E-state index contributed by atoms with van der Waals surface area (Å²) < 4.78 is 1.33. The second-order valence-corrected chi connectivity index (χ2v) is 5.01. The van der Waals surface area contributed by atoms with E-state index < -0.39 is 0 Å². The molecule has 0 aliphatic heterocycles. The molecule has 6 heteroatoms. The van der Waals surface area contributed by atoms with Gasteiger partial charge >= 0.3 is 0 Å². The van der Waals surface area contributed by atoms with Crippen molar-refractivity contribution in [3.8, 4) is 0 Å². The summed E-state index contributed by atoms with van der Waals surface area (Å²) >= 11 is 0. The number of likely N-dealkylation sites (N-methyl/N-ethyl adjacent to an activating group) is 2. The van der Waals surface area contributed by atoms with E-state index in [1.165, 1.54) is 0 Å². The molecule has 96 valence electrons. The molecule has 0 aromatic carbocycles. The van der Waals surface area contributed by atoms with E-state index in [1.54, 1.807) is 0 Å². The lowest BCUT2D eigenvalue weighted by molar-refractivity contribution is -1.10. The lowest BCUT2D eigenvalue weighted by atomic mass is 10.3. The van der Waals surface area contributed by atoms with E-state index in [0.717, 1.165) is 0 Å². The van der Waals surface area contributed by atoms with Gasteiger partial charge in [0.05, 0.1) is 41.8 Å². The van der Waals surface area contributed by atoms with Crippen molar-refractivity contribution in [3.05, 3.63) is 0 Å². The second kappa shape index (κ2) is 7.10. The zero-order valence-electron chi connectivity index (χ0n) is 10.4. The number of rotatable bonds is 5. The van der Waals surface area contributed by atoms with E-state index in [1.807, 2.05) is 14.1 Å². The van der Waals surface area contributed by atoms with Crippen LogP contribution < -0.4 is 0 Å². The largest absolute Gasteiger partial charge is 0.870 e. The molecule has 0 aliphatic rings. The highest BCUT2D eigenvalue weighted by atomic mass is 16.3. The molecule has 1 atom stereocenters. The Hall–Kier alpha value is -0.240. The van der Waals surface area contributed by atoms with Crippen LogP contribution in [-0.2, 0) is 0 Å². The van der Waals surface area contributed by atoms with Crippen LogP contribution in [0.4, 0.5) is 0 Å². The van der Waals surface area contributed by atoms with Crippen LogP contribution in [0.15, 0.2) is 0 Å². The number of hydrogen-bond donors (Lipinski definition) is 2. The first kappa shape index (κ1) is 20.2. The third kappa shape index (κ3) is 6.03. The molecule has 0 heterocycles. The van der Waals surface area contributed by atoms with Crippen molar-refractivity contribution >= 4 is 0 Å². The van der Waals surface area contributed by atoms with Gasteiger partial charge in [-0.3, -0.25) is 8.97 Å². The first-order valence-electron chi connectivity index (χ1n) is 4.61. The highest BCUT2D eigenvalue weighted by Gasteiger charge is 2.37. The normalized spacial score (nSPS) is 13.8. The SMILES string of the molecule is C[N+](C)(C)C(CO)[N+](C)(C)CCO.[OH-].[OH-]. The highest BCUT2D eigenvalue weighted by molar-refractivity contribution is 4.42. The molecule has 0 bridgehead atoms. The number of hydrogen-bond acceptors (Lipinski definition) is 4. The fourth-order valence-corrected chi connectivity index (χ4v) is 1.81. The summed E-state index contributed by atoms with van der Waals surface area (Å²) in [4.78, 5) is 0. The zero-order chi connectivity index (χ0) is 10.7. The topological polar surface area (TPSA) is 100 Å². The molecule has 0 spiro atoms. The Morgan fingerprint density at radius 1 is 0.933 bits per heavy atom. The predicted octanol–water partition coefficient (Wildman–Crippen LogP) is -1.27. The Labute approximate surface area is 92.1 Å². The van der Waals surface area contributed by atoms with Crippen molar-refractivity contribution in [1.82, 2.24) is 0 Å². The molecule has 0 fully saturated rings. The Bertz CT molecular complexity index is 157. The van der Waals surface area contributed by atoms with Gasteiger partial charge in [-0.1, -0.05) is 0 Å². The van der Waals surface area contributed by atoms with Crippen LogP contribution in [0.2, 0.25) is 0 Å². The Kier molecular flexibility index (Phi) is 9.57. The van der Waals surface area contributed by atoms with Crippen LogP contribution in [0, 0.1) is 0 Å². The smallest absolute Gasteiger partial charge is 0.239 e. The van der Waals surface area contributed by atoms with Crippen LogP contribution in [0.1, 0.15) is 0 Å². The molecule has 0 aromatic heterocycles. The van der Waals surface area contributed by atoms with Crippen LogP contribution in [0.3, 0.4) is 0 Å². The van der Waals surface area contributed by atoms with Crippen LogP contribution in [0.5, 0.6) is 0 Å². The summed E-state index contributed by atoms with van der Waals surface area (Å²) in [6, 6.07) is 0. The molecule has 6 nitrogen and oxygen atoms in total. The highest BCUT2D eigenvalue weighted by Crippen LogP contribution is 2.13. The summed E-state index contributed by atoms with van der Waals surface area (Å²) in [7, 11) is 10.2. The minimum atomic E-state index is 0. The maximum absolute atomic E-state index is 9.31. The van der Waals surface area contributed by atoms with E-state index >= 15 is 0 Å². The molecule has 0 aromatic rings. The standard InChI is InChI=1S/C9H24N2O2.2H2O/c1-10(2,3)9(8-13)11(4,5)6-7-12;;/h9,12-13H,6-8H2,1-5H3;2*1H2/q+2;;/p-2. The van der Waals surface area contributed by atoms with Crippen LogP contribution in [0.25, 0.3) is 0 Å². The molecule has 0 radical (unpaired) electrons. The molecule has 0 amide bonds. The molecule has 1 unspecified atom stereocenters. The fourth-order valence-electron chi connectivity index (χ4n) is 1.81. The maximum atomic E-state index is 9.31. The number of nitrogens with zero attached hydrogens (tertiary/aromatic N) is 2. The molecule has 0 saturated carbocycles. The van der Waals surface area contributed by atoms with Gasteiger partial charge in [-0.2, -0.15) is 0 Å². The molecule has 4 N–H and O–H groups in total. The van der Waals surface area contributed by atoms with E-state index in [0.29, 0.717) is 15.5 Å². The van der Waals surface area contributed by atoms with Crippen molar-refractivity contribution in [3.63, 3.8) is 0 Å². The van der Waals surface area contributed by atoms with E-state index in [2.05, 4.69) is 21.1 Å². The Balaban J connectivity index is -0.000000720. The summed E-state index contributed by atoms with van der Waals surface area (Å²) in [6.07, 6.45) is 0.104. The van der Waals surface area contributed by atoms with Gasteiger partial charge in [-0.05, 0) is 0 Å². The minimum absolute atomic E-state index is 0. The fraction of sp³-hybridized carbons (Fsp3) is 1.00. The molecule has 15 heavy (non-hydrogen) atoms. The van der Waals surface area contributed by atoms with Gasteiger partial charge in [-0.25, -0.2) is 0 Å². The van der Waals surface area contributed by atoms with E-state index in [4.69, 9.17) is 5.11 Å². The number of aliphatic hydroxyl groups excluding tert-OH is 2. The van der Waals surface area contributed by atoms with Gasteiger partial charge < -0.3 is 21.2 Å². The Morgan fingerprint density at radius 2 is 1.33 bits per heavy atom. The van der Waals surface area contributed by atoms with Gasteiger partial charge in [0.2, 0.25) is 6.17 Å². The van der Waals surface area contributed by atoms with Crippen molar-refractivity contribution in [2.45, 2.75) is 6.17 Å². The lowest BCUT2D eigenvalue weighted by Crippen LogP contribution is -2.65. The van der Waals surface area contributed by atoms with Gasteiger partial charge in [0.15, 0.2) is 0 Å². The Morgan fingerprint density at radius 3 is 1.53 bits per heavy atom. The average Bonchev–Trinajstić information content (AvgIpc) is 1.83. The van der Waals surface area contributed by atoms with E-state index in [-0.39, 0.29) is 30.3 Å². The van der Waals surface area contributed by atoms with Crippen molar-refractivity contribution in [2.24, 2.45) is 0 Å². The molecule has 0 aliphatic carbocycles. The molecule has 0 rings (SSSR count). The van der Waals surface area contributed by atoms with Gasteiger partial charge in [0.25, 0.3) is 0 Å². The molecule has 0 saturated heterocycles. The summed E-state index contributed by atoms with van der Waals surface area (Å²) in [6.45, 7) is 0.959. The van der Waals surface area contributed by atoms with Crippen molar-refractivity contribution in [1.29, 1.82) is 0 Å². The van der Waals surface area contributed by atoms with Crippen LogP contribution >= 0.6 is 0 Å². The average molecular weight is 226 g/mol. The second-order valence-electron chi connectivity index (χ2n) is 5.01. The predicted molar refractivity (Wildman–Crippen MR) is 56.8 cm³/mol. The number of quaternary nitrogens is 2. The number of aliphatic hydroxyl groups is 2. The van der Waals surface area contributed by atoms with Crippen molar-refractivity contribution in [2.75, 3.05) is 55.0 Å². The lowest BCUT2D eigenvalue weighted by Gasteiger charge is -2.43. The van der Waals surface area contributed by atoms with Gasteiger partial charge in [0.1, 0.15) is 13.2 Å². The first-order chi connectivity index (χ1) is 5.75. The minimum Gasteiger partial charge on any atom is -0.870 e. The molecular weight excluding hydrogens is 200 g/mol. The third-order valence-electron chi connectivity index (χ3n) is 2.54. The quantitative estimate of drug-likeness (QED) is 0.450. The van der Waals surface area contributed by atoms with Gasteiger partial charge in [-0.15, -0.1) is 0 Å². The monoisotopic (exact) mass is 226 g/mol. The third-order valence-corrected chi connectivity index (χ3v) is 2.54. The maximum Gasteiger partial charge on any atom is 0.239 e. The molecular formula is C9H26N2O4. The van der Waals surface area contributed by atoms with Crippen molar-refractivity contribution < 1.29 is 30.1 Å². The first-order valence-corrected chi connectivity index (χ1v) is 4.61. The van der Waals surface area contributed by atoms with Crippen LogP contribution in [-0.4, -0.2) is 91.3 Å². The van der Waals surface area contributed by atoms with E-state index in [9.17, 15) is 5.11 Å². The summed E-state index contributed by atoms with van der Waals surface area (Å²) in [5, 5.41) is 18.2. The summed E-state index contributed by atoms with van der Waals surface area (Å²) in [5.74, 6) is 0. The summed E-state index contributed by atoms with van der Waals surface area (Å²) in [5.41, 5.74) is 0.